The Morgan fingerprint density at radius 3 is 2.75 bits per heavy atom. The largest absolute Gasteiger partial charge is 0.351 e. The van der Waals surface area contributed by atoms with E-state index in [-0.39, 0.29) is 11.5 Å². The Morgan fingerprint density at radius 1 is 1.40 bits per heavy atom. The van der Waals surface area contributed by atoms with Crippen LogP contribution in [0.2, 0.25) is 0 Å². The molecule has 1 aromatic carbocycles. The highest BCUT2D eigenvalue weighted by Gasteiger charge is 2.19. The molecule has 0 saturated heterocycles. The number of benzene rings is 1. The second-order valence-corrected chi connectivity index (χ2v) is 5.66. The van der Waals surface area contributed by atoms with Crippen molar-refractivity contribution in [3.63, 3.8) is 0 Å². The molecule has 0 aromatic heterocycles. The van der Waals surface area contributed by atoms with Gasteiger partial charge < -0.3 is 10.2 Å². The fraction of sp³-hybridized carbons (Fsp3) is 0.562. The van der Waals surface area contributed by atoms with E-state index in [4.69, 9.17) is 0 Å². The van der Waals surface area contributed by atoms with Crippen LogP contribution >= 0.6 is 0 Å². The van der Waals surface area contributed by atoms with Gasteiger partial charge in [-0.25, -0.2) is 4.39 Å². The highest BCUT2D eigenvalue weighted by atomic mass is 19.1. The predicted molar refractivity (Wildman–Crippen MR) is 78.4 cm³/mol. The molecule has 2 rings (SSSR count). The number of halogens is 1. The van der Waals surface area contributed by atoms with Gasteiger partial charge in [0.2, 0.25) is 0 Å². The molecule has 4 heteroatoms. The van der Waals surface area contributed by atoms with Crippen LogP contribution in [0.15, 0.2) is 18.2 Å². The third-order valence-corrected chi connectivity index (χ3v) is 4.07. The molecular formula is C16H23FN2O. The molecule has 1 aromatic rings. The van der Waals surface area contributed by atoms with E-state index >= 15 is 0 Å². The highest BCUT2D eigenvalue weighted by molar-refractivity contribution is 5.94. The minimum Gasteiger partial charge on any atom is -0.351 e. The van der Waals surface area contributed by atoms with Crippen LogP contribution in [0.3, 0.4) is 0 Å². The molecule has 0 bridgehead atoms. The van der Waals surface area contributed by atoms with Gasteiger partial charge in [0.15, 0.2) is 0 Å². The number of nitrogens with one attached hydrogen (secondary N) is 1. The van der Waals surface area contributed by atoms with Crippen LogP contribution < -0.4 is 5.32 Å². The predicted octanol–water partition coefficient (Wildman–Crippen LogP) is 2.74. The van der Waals surface area contributed by atoms with Crippen LogP contribution in [0.4, 0.5) is 4.39 Å². The normalized spacial score (nSPS) is 15.8. The standard InChI is InChI=1S/C16H23FN2O/c1-12-7-8-14(15(17)11-12)16(20)18-9-10-19(2)13-5-3-4-6-13/h7-8,11,13H,3-6,9-10H2,1-2H3,(H,18,20). The fourth-order valence-corrected chi connectivity index (χ4v) is 2.77. The molecule has 20 heavy (non-hydrogen) atoms. The Labute approximate surface area is 120 Å². The van der Waals surface area contributed by atoms with Gasteiger partial charge in [-0.3, -0.25) is 4.79 Å². The summed E-state index contributed by atoms with van der Waals surface area (Å²) in [5, 5.41) is 2.79. The quantitative estimate of drug-likeness (QED) is 0.898. The monoisotopic (exact) mass is 278 g/mol. The van der Waals surface area contributed by atoms with E-state index in [1.54, 1.807) is 19.1 Å². The zero-order chi connectivity index (χ0) is 14.5. The van der Waals surface area contributed by atoms with Crippen molar-refractivity contribution in [3.8, 4) is 0 Å². The summed E-state index contributed by atoms with van der Waals surface area (Å²) < 4.78 is 13.7. The van der Waals surface area contributed by atoms with Gasteiger partial charge in [-0.15, -0.1) is 0 Å². The molecule has 1 amide bonds. The first-order valence-corrected chi connectivity index (χ1v) is 7.32. The van der Waals surface area contributed by atoms with Crippen LogP contribution in [0.5, 0.6) is 0 Å². The van der Waals surface area contributed by atoms with E-state index in [9.17, 15) is 9.18 Å². The van der Waals surface area contributed by atoms with E-state index in [1.165, 1.54) is 31.7 Å². The van der Waals surface area contributed by atoms with Crippen molar-refractivity contribution >= 4 is 5.91 Å². The maximum absolute atomic E-state index is 13.7. The van der Waals surface area contributed by atoms with Gasteiger partial charge in [-0.05, 0) is 44.5 Å². The molecule has 1 fully saturated rings. The smallest absolute Gasteiger partial charge is 0.254 e. The molecule has 1 aliphatic rings. The number of amides is 1. The molecule has 0 atom stereocenters. The summed E-state index contributed by atoms with van der Waals surface area (Å²) in [6.07, 6.45) is 5.10. The van der Waals surface area contributed by atoms with Gasteiger partial charge in [0.25, 0.3) is 5.91 Å². The second kappa shape index (κ2) is 6.84. The lowest BCUT2D eigenvalue weighted by Gasteiger charge is -2.23. The average Bonchev–Trinajstić information content (AvgIpc) is 2.92. The Balaban J connectivity index is 1.80. The van der Waals surface area contributed by atoms with Crippen LogP contribution in [0.25, 0.3) is 0 Å². The Bertz CT molecular complexity index is 470. The van der Waals surface area contributed by atoms with Crippen LogP contribution in [-0.4, -0.2) is 37.0 Å². The van der Waals surface area contributed by atoms with Gasteiger partial charge in [0, 0.05) is 19.1 Å². The Hall–Kier alpha value is -1.42. The van der Waals surface area contributed by atoms with Crippen molar-refractivity contribution < 1.29 is 9.18 Å². The Morgan fingerprint density at radius 2 is 2.10 bits per heavy atom. The molecule has 0 unspecified atom stereocenters. The summed E-state index contributed by atoms with van der Waals surface area (Å²) in [5.41, 5.74) is 0.944. The highest BCUT2D eigenvalue weighted by Crippen LogP contribution is 2.21. The number of aryl methyl sites for hydroxylation is 1. The topological polar surface area (TPSA) is 32.3 Å². The maximum atomic E-state index is 13.7. The van der Waals surface area contributed by atoms with Crippen molar-refractivity contribution in [2.75, 3.05) is 20.1 Å². The minimum absolute atomic E-state index is 0.124. The molecule has 3 nitrogen and oxygen atoms in total. The van der Waals surface area contributed by atoms with E-state index in [0.29, 0.717) is 12.6 Å². The summed E-state index contributed by atoms with van der Waals surface area (Å²) in [6, 6.07) is 5.33. The molecule has 0 radical (unpaired) electrons. The molecule has 0 heterocycles. The summed E-state index contributed by atoms with van der Waals surface area (Å²) in [4.78, 5) is 14.2. The minimum atomic E-state index is -0.452. The second-order valence-electron chi connectivity index (χ2n) is 5.66. The van der Waals surface area contributed by atoms with E-state index in [1.807, 2.05) is 0 Å². The number of nitrogens with zero attached hydrogens (tertiary/aromatic N) is 1. The SMILES string of the molecule is Cc1ccc(C(=O)NCCN(C)C2CCCC2)c(F)c1. The molecule has 110 valence electrons. The van der Waals surface area contributed by atoms with Gasteiger partial charge in [-0.2, -0.15) is 0 Å². The van der Waals surface area contributed by atoms with Gasteiger partial charge in [0.1, 0.15) is 5.82 Å². The van der Waals surface area contributed by atoms with Gasteiger partial charge in [0.05, 0.1) is 5.56 Å². The number of rotatable bonds is 5. The Kier molecular flexibility index (Phi) is 5.12. The van der Waals surface area contributed by atoms with Crippen LogP contribution in [0, 0.1) is 12.7 Å². The zero-order valence-electron chi connectivity index (χ0n) is 12.3. The number of carbonyl (C=O) groups is 1. The average molecular weight is 278 g/mol. The van der Waals surface area contributed by atoms with Gasteiger partial charge >= 0.3 is 0 Å². The molecule has 1 N–H and O–H groups in total. The molecular weight excluding hydrogens is 255 g/mol. The number of carbonyl (C=O) groups excluding carboxylic acids is 1. The van der Waals surface area contributed by atoms with Crippen molar-refractivity contribution in [2.24, 2.45) is 0 Å². The number of likely N-dealkylation sites (N-methyl/N-ethyl adjacent to an activating group) is 1. The lowest BCUT2D eigenvalue weighted by atomic mass is 10.1. The van der Waals surface area contributed by atoms with Crippen molar-refractivity contribution in [3.05, 3.63) is 35.1 Å². The van der Waals surface area contributed by atoms with Crippen molar-refractivity contribution in [1.29, 1.82) is 0 Å². The van der Waals surface area contributed by atoms with E-state index in [0.717, 1.165) is 12.1 Å². The molecule has 0 aliphatic heterocycles. The zero-order valence-corrected chi connectivity index (χ0v) is 12.3. The van der Waals surface area contributed by atoms with E-state index < -0.39 is 5.82 Å². The maximum Gasteiger partial charge on any atom is 0.254 e. The van der Waals surface area contributed by atoms with Crippen LogP contribution in [0.1, 0.15) is 41.6 Å². The summed E-state index contributed by atoms with van der Waals surface area (Å²) in [6.45, 7) is 3.17. The fourth-order valence-electron chi connectivity index (χ4n) is 2.77. The number of hydrogen-bond acceptors (Lipinski definition) is 2. The third-order valence-electron chi connectivity index (χ3n) is 4.07. The lowest BCUT2D eigenvalue weighted by molar-refractivity contribution is 0.0943. The lowest BCUT2D eigenvalue weighted by Crippen LogP contribution is -2.37. The van der Waals surface area contributed by atoms with Gasteiger partial charge in [-0.1, -0.05) is 18.9 Å². The summed E-state index contributed by atoms with van der Waals surface area (Å²) in [7, 11) is 2.09. The molecule has 1 saturated carbocycles. The number of hydrogen-bond donors (Lipinski definition) is 1. The first-order chi connectivity index (χ1) is 9.58. The van der Waals surface area contributed by atoms with E-state index in [2.05, 4.69) is 17.3 Å². The molecule has 0 spiro atoms. The van der Waals surface area contributed by atoms with Crippen LogP contribution in [-0.2, 0) is 0 Å². The van der Waals surface area contributed by atoms with Crippen molar-refractivity contribution in [1.82, 2.24) is 10.2 Å². The first-order valence-electron chi connectivity index (χ1n) is 7.32. The first kappa shape index (κ1) is 15.0. The third kappa shape index (κ3) is 3.79. The molecule has 1 aliphatic carbocycles. The summed E-state index contributed by atoms with van der Waals surface area (Å²) in [5.74, 6) is -0.783. The van der Waals surface area contributed by atoms with Crippen molar-refractivity contribution in [2.45, 2.75) is 38.6 Å². The summed E-state index contributed by atoms with van der Waals surface area (Å²) >= 11 is 0.